The highest BCUT2D eigenvalue weighted by Crippen LogP contribution is 2.21. The third-order valence-corrected chi connectivity index (χ3v) is 2.76. The standard InChI is InChI=1S/C11H12ClN5/c1-3-4-5-6-13-10-8(2)9(12)16-11-14-7-15-17(10)11/h1,7,13H,4-6H2,2H3. The van der Waals surface area contributed by atoms with Crippen molar-refractivity contribution in [3.05, 3.63) is 17.0 Å². The number of hydrogen-bond acceptors (Lipinski definition) is 4. The molecule has 17 heavy (non-hydrogen) atoms. The summed E-state index contributed by atoms with van der Waals surface area (Å²) in [6.07, 6.45) is 8.29. The van der Waals surface area contributed by atoms with Crippen LogP contribution in [0.5, 0.6) is 0 Å². The van der Waals surface area contributed by atoms with Gasteiger partial charge in [-0.2, -0.15) is 19.6 Å². The fraction of sp³-hybridized carbons (Fsp3) is 0.364. The molecule has 0 fully saturated rings. The largest absolute Gasteiger partial charge is 0.370 e. The van der Waals surface area contributed by atoms with Crippen LogP contribution in [0.4, 0.5) is 5.82 Å². The lowest BCUT2D eigenvalue weighted by atomic mass is 10.3. The van der Waals surface area contributed by atoms with Gasteiger partial charge < -0.3 is 5.32 Å². The Morgan fingerprint density at radius 3 is 3.18 bits per heavy atom. The average molecular weight is 250 g/mol. The predicted octanol–water partition coefficient (Wildman–Crippen LogP) is 1.91. The summed E-state index contributed by atoms with van der Waals surface area (Å²) in [6, 6.07) is 0. The highest BCUT2D eigenvalue weighted by Gasteiger charge is 2.11. The molecule has 0 aliphatic rings. The number of anilines is 1. The van der Waals surface area contributed by atoms with Crippen molar-refractivity contribution in [1.82, 2.24) is 19.6 Å². The van der Waals surface area contributed by atoms with Crippen molar-refractivity contribution < 1.29 is 0 Å². The van der Waals surface area contributed by atoms with Gasteiger partial charge >= 0.3 is 0 Å². The van der Waals surface area contributed by atoms with E-state index in [0.717, 1.165) is 30.8 Å². The Morgan fingerprint density at radius 2 is 2.41 bits per heavy atom. The molecule has 0 aromatic carbocycles. The molecular weight excluding hydrogens is 238 g/mol. The molecule has 88 valence electrons. The van der Waals surface area contributed by atoms with Gasteiger partial charge in [-0.3, -0.25) is 0 Å². The molecule has 5 nitrogen and oxygen atoms in total. The van der Waals surface area contributed by atoms with E-state index in [1.807, 2.05) is 6.92 Å². The maximum Gasteiger partial charge on any atom is 0.255 e. The summed E-state index contributed by atoms with van der Waals surface area (Å²) in [4.78, 5) is 8.13. The zero-order chi connectivity index (χ0) is 12.3. The lowest BCUT2D eigenvalue weighted by molar-refractivity contribution is 0.866. The minimum absolute atomic E-state index is 0.435. The Bertz CT molecular complexity index is 569. The summed E-state index contributed by atoms with van der Waals surface area (Å²) in [5, 5.41) is 7.79. The first kappa shape index (κ1) is 11.7. The van der Waals surface area contributed by atoms with Gasteiger partial charge in [-0.15, -0.1) is 12.3 Å². The fourth-order valence-electron chi connectivity index (χ4n) is 1.50. The smallest absolute Gasteiger partial charge is 0.255 e. The molecule has 0 saturated heterocycles. The van der Waals surface area contributed by atoms with E-state index in [1.54, 1.807) is 4.52 Å². The van der Waals surface area contributed by atoms with E-state index in [0.29, 0.717) is 10.9 Å². The monoisotopic (exact) mass is 249 g/mol. The third kappa shape index (κ3) is 2.32. The first-order valence-corrected chi connectivity index (χ1v) is 5.65. The van der Waals surface area contributed by atoms with Crippen molar-refractivity contribution in [3.8, 4) is 12.3 Å². The minimum Gasteiger partial charge on any atom is -0.370 e. The zero-order valence-corrected chi connectivity index (χ0v) is 10.2. The Labute approximate surface area is 104 Å². The zero-order valence-electron chi connectivity index (χ0n) is 9.44. The summed E-state index contributed by atoms with van der Waals surface area (Å²) >= 11 is 6.03. The van der Waals surface area contributed by atoms with E-state index in [-0.39, 0.29) is 0 Å². The van der Waals surface area contributed by atoms with Crippen molar-refractivity contribution in [2.24, 2.45) is 0 Å². The number of aromatic nitrogens is 4. The van der Waals surface area contributed by atoms with E-state index in [9.17, 15) is 0 Å². The molecule has 0 unspecified atom stereocenters. The molecule has 0 aliphatic carbocycles. The van der Waals surface area contributed by atoms with Crippen LogP contribution in [0.15, 0.2) is 6.33 Å². The maximum atomic E-state index is 6.03. The summed E-state index contributed by atoms with van der Waals surface area (Å²) in [5.74, 6) is 3.90. The molecule has 2 rings (SSSR count). The Balaban J connectivity index is 2.28. The van der Waals surface area contributed by atoms with Crippen molar-refractivity contribution in [2.45, 2.75) is 19.8 Å². The molecule has 0 spiro atoms. The Kier molecular flexibility index (Phi) is 3.45. The lowest BCUT2D eigenvalue weighted by Crippen LogP contribution is -2.10. The molecule has 0 amide bonds. The maximum absolute atomic E-state index is 6.03. The number of rotatable bonds is 4. The second-order valence-electron chi connectivity index (χ2n) is 3.58. The number of nitrogens with zero attached hydrogens (tertiary/aromatic N) is 4. The third-order valence-electron chi connectivity index (χ3n) is 2.39. The van der Waals surface area contributed by atoms with Gasteiger partial charge in [-0.05, 0) is 13.3 Å². The molecule has 0 bridgehead atoms. The summed E-state index contributed by atoms with van der Waals surface area (Å²) in [5.41, 5.74) is 0.852. The highest BCUT2D eigenvalue weighted by atomic mass is 35.5. The van der Waals surface area contributed by atoms with E-state index in [4.69, 9.17) is 18.0 Å². The van der Waals surface area contributed by atoms with Crippen LogP contribution in [0.25, 0.3) is 5.78 Å². The van der Waals surface area contributed by atoms with Gasteiger partial charge in [0.05, 0.1) is 0 Å². The second kappa shape index (κ2) is 5.02. The van der Waals surface area contributed by atoms with Crippen LogP contribution in [0, 0.1) is 19.3 Å². The van der Waals surface area contributed by atoms with E-state index in [2.05, 4.69) is 26.3 Å². The minimum atomic E-state index is 0.435. The Morgan fingerprint density at radius 1 is 1.59 bits per heavy atom. The molecule has 2 heterocycles. The number of terminal acetylenes is 1. The molecule has 0 atom stereocenters. The summed E-state index contributed by atoms with van der Waals surface area (Å²) < 4.78 is 1.64. The van der Waals surface area contributed by atoms with Gasteiger partial charge in [-0.1, -0.05) is 11.6 Å². The normalized spacial score (nSPS) is 10.4. The van der Waals surface area contributed by atoms with Crippen LogP contribution < -0.4 is 5.32 Å². The first-order chi connectivity index (χ1) is 8.24. The number of halogens is 1. The van der Waals surface area contributed by atoms with Crippen LogP contribution in [-0.4, -0.2) is 26.1 Å². The quantitative estimate of drug-likeness (QED) is 0.511. The van der Waals surface area contributed by atoms with E-state index >= 15 is 0 Å². The number of unbranched alkanes of at least 4 members (excludes halogenated alkanes) is 1. The van der Waals surface area contributed by atoms with Gasteiger partial charge in [0, 0.05) is 18.5 Å². The summed E-state index contributed by atoms with van der Waals surface area (Å²) in [6.45, 7) is 2.65. The average Bonchev–Trinajstić information content (AvgIpc) is 2.76. The van der Waals surface area contributed by atoms with E-state index < -0.39 is 0 Å². The second-order valence-corrected chi connectivity index (χ2v) is 3.94. The Hall–Kier alpha value is -1.80. The molecule has 6 heteroatoms. The van der Waals surface area contributed by atoms with Crippen LogP contribution in [0.2, 0.25) is 5.15 Å². The molecule has 1 N–H and O–H groups in total. The van der Waals surface area contributed by atoms with Crippen molar-refractivity contribution in [3.63, 3.8) is 0 Å². The van der Waals surface area contributed by atoms with Crippen LogP contribution in [0.3, 0.4) is 0 Å². The van der Waals surface area contributed by atoms with Crippen molar-refractivity contribution in [1.29, 1.82) is 0 Å². The molecular formula is C11H12ClN5. The summed E-state index contributed by atoms with van der Waals surface area (Å²) in [7, 11) is 0. The number of hydrogen-bond donors (Lipinski definition) is 1. The lowest BCUT2D eigenvalue weighted by Gasteiger charge is -2.10. The van der Waals surface area contributed by atoms with E-state index in [1.165, 1.54) is 6.33 Å². The highest BCUT2D eigenvalue weighted by molar-refractivity contribution is 6.30. The molecule has 0 saturated carbocycles. The van der Waals surface area contributed by atoms with Gasteiger partial charge in [0.25, 0.3) is 5.78 Å². The van der Waals surface area contributed by atoms with Gasteiger partial charge in [0.2, 0.25) is 0 Å². The van der Waals surface area contributed by atoms with Gasteiger partial charge in [0.1, 0.15) is 17.3 Å². The number of nitrogens with one attached hydrogen (secondary N) is 1. The predicted molar refractivity (Wildman–Crippen MR) is 67.1 cm³/mol. The van der Waals surface area contributed by atoms with Crippen molar-refractivity contribution in [2.75, 3.05) is 11.9 Å². The molecule has 0 aliphatic heterocycles. The van der Waals surface area contributed by atoms with Crippen LogP contribution in [-0.2, 0) is 0 Å². The molecule has 2 aromatic rings. The molecule has 0 radical (unpaired) electrons. The number of fused-ring (bicyclic) bond motifs is 1. The van der Waals surface area contributed by atoms with Crippen molar-refractivity contribution >= 4 is 23.2 Å². The molecule has 2 aromatic heterocycles. The van der Waals surface area contributed by atoms with Gasteiger partial charge in [-0.25, -0.2) is 0 Å². The fourth-order valence-corrected chi connectivity index (χ4v) is 1.67. The van der Waals surface area contributed by atoms with Crippen LogP contribution >= 0.6 is 11.6 Å². The SMILES string of the molecule is C#CCCCNc1c(C)c(Cl)nc2ncnn12. The van der Waals surface area contributed by atoms with Crippen LogP contribution in [0.1, 0.15) is 18.4 Å². The van der Waals surface area contributed by atoms with Gasteiger partial charge in [0.15, 0.2) is 0 Å². The first-order valence-electron chi connectivity index (χ1n) is 5.27. The topological polar surface area (TPSA) is 55.1 Å².